The van der Waals surface area contributed by atoms with E-state index in [1.165, 1.54) is 0 Å². The molecule has 0 aromatic heterocycles. The summed E-state index contributed by atoms with van der Waals surface area (Å²) in [6, 6.07) is 3.73. The van der Waals surface area contributed by atoms with Gasteiger partial charge in [-0.25, -0.2) is 4.99 Å². The average Bonchev–Trinajstić information content (AvgIpc) is 3.21. The summed E-state index contributed by atoms with van der Waals surface area (Å²) in [7, 11) is 0. The zero-order valence-corrected chi connectivity index (χ0v) is 20.7. The third-order valence-electron chi connectivity index (χ3n) is 6.83. The van der Waals surface area contributed by atoms with Crippen molar-refractivity contribution in [2.75, 3.05) is 19.7 Å². The maximum atomic E-state index is 12.7. The molecule has 1 saturated carbocycles. The maximum absolute atomic E-state index is 12.7. The fraction of sp³-hybridized carbons (Fsp3) is 0.600. The number of aliphatic imine (C=N–C) groups is 1. The molecule has 0 bridgehead atoms. The second-order valence-electron chi connectivity index (χ2n) is 9.43. The SMILES string of the molecule is O=C(O)CN(C(=O)CCCCCCOc1ccc2c(c1Cl)CN1CC(=O)NC1=N2)C1CCCCC1. The van der Waals surface area contributed by atoms with E-state index in [0.717, 1.165) is 69.0 Å². The molecule has 1 aliphatic carbocycles. The highest BCUT2D eigenvalue weighted by Crippen LogP contribution is 2.38. The van der Waals surface area contributed by atoms with E-state index in [1.807, 2.05) is 11.0 Å². The lowest BCUT2D eigenvalue weighted by Crippen LogP contribution is -2.44. The van der Waals surface area contributed by atoms with Crippen LogP contribution >= 0.6 is 11.6 Å². The number of hydrogen-bond acceptors (Lipinski definition) is 6. The van der Waals surface area contributed by atoms with Gasteiger partial charge in [-0.15, -0.1) is 0 Å². The molecule has 9 nitrogen and oxygen atoms in total. The summed E-state index contributed by atoms with van der Waals surface area (Å²) in [5, 5.41) is 12.5. The lowest BCUT2D eigenvalue weighted by atomic mass is 9.93. The number of carboxylic acids is 1. The van der Waals surface area contributed by atoms with Crippen molar-refractivity contribution in [3.8, 4) is 5.75 Å². The Labute approximate surface area is 210 Å². The largest absolute Gasteiger partial charge is 0.492 e. The number of carbonyl (C=O) groups is 3. The van der Waals surface area contributed by atoms with Crippen LogP contribution in [0.25, 0.3) is 0 Å². The van der Waals surface area contributed by atoms with Crippen LogP contribution in [0.5, 0.6) is 5.75 Å². The van der Waals surface area contributed by atoms with Gasteiger partial charge in [-0.3, -0.25) is 19.7 Å². The number of aliphatic carboxylic acids is 1. The summed E-state index contributed by atoms with van der Waals surface area (Å²) >= 11 is 6.57. The zero-order chi connectivity index (χ0) is 24.8. The lowest BCUT2D eigenvalue weighted by molar-refractivity contribution is -0.146. The van der Waals surface area contributed by atoms with Gasteiger partial charge in [0, 0.05) is 18.0 Å². The van der Waals surface area contributed by atoms with Gasteiger partial charge < -0.3 is 19.6 Å². The first-order valence-electron chi connectivity index (χ1n) is 12.5. The second kappa shape index (κ2) is 11.7. The second-order valence-corrected chi connectivity index (χ2v) is 9.81. The van der Waals surface area contributed by atoms with Gasteiger partial charge in [0.05, 0.1) is 23.9 Å². The monoisotopic (exact) mass is 504 g/mol. The number of ether oxygens (including phenoxy) is 1. The molecule has 0 atom stereocenters. The third-order valence-corrected chi connectivity index (χ3v) is 7.24. The molecule has 190 valence electrons. The number of hydrogen-bond donors (Lipinski definition) is 2. The van der Waals surface area contributed by atoms with Gasteiger partial charge in [-0.1, -0.05) is 43.7 Å². The number of nitrogens with zero attached hydrogens (tertiary/aromatic N) is 3. The van der Waals surface area contributed by atoms with E-state index in [9.17, 15) is 19.5 Å². The van der Waals surface area contributed by atoms with Crippen LogP contribution in [0.15, 0.2) is 17.1 Å². The molecule has 35 heavy (non-hydrogen) atoms. The summed E-state index contributed by atoms with van der Waals surface area (Å²) in [5.74, 6) is 0.108. The Bertz CT molecular complexity index is 992. The molecule has 3 aliphatic rings. The summed E-state index contributed by atoms with van der Waals surface area (Å²) in [4.78, 5) is 43.4. The topological polar surface area (TPSA) is 112 Å². The van der Waals surface area contributed by atoms with E-state index in [4.69, 9.17) is 16.3 Å². The fourth-order valence-electron chi connectivity index (χ4n) is 5.00. The number of amides is 2. The maximum Gasteiger partial charge on any atom is 0.323 e. The molecule has 1 saturated heterocycles. The quantitative estimate of drug-likeness (QED) is 0.443. The number of fused-ring (bicyclic) bond motifs is 2. The van der Waals surface area contributed by atoms with Crippen molar-refractivity contribution in [3.05, 3.63) is 22.7 Å². The van der Waals surface area contributed by atoms with Crippen LogP contribution in [0, 0.1) is 0 Å². The van der Waals surface area contributed by atoms with Crippen LogP contribution in [0.3, 0.4) is 0 Å². The van der Waals surface area contributed by atoms with E-state index >= 15 is 0 Å². The summed E-state index contributed by atoms with van der Waals surface area (Å²) in [6.07, 6.45) is 8.84. The van der Waals surface area contributed by atoms with Crippen molar-refractivity contribution in [2.24, 2.45) is 4.99 Å². The smallest absolute Gasteiger partial charge is 0.323 e. The highest BCUT2D eigenvalue weighted by molar-refractivity contribution is 6.33. The normalized spacial score (nSPS) is 17.3. The Balaban J connectivity index is 1.17. The highest BCUT2D eigenvalue weighted by atomic mass is 35.5. The molecule has 2 fully saturated rings. The molecule has 10 heteroatoms. The van der Waals surface area contributed by atoms with Crippen LogP contribution < -0.4 is 10.1 Å². The first-order valence-corrected chi connectivity index (χ1v) is 12.9. The van der Waals surface area contributed by atoms with Gasteiger partial charge in [-0.05, 0) is 37.8 Å². The van der Waals surface area contributed by atoms with Gasteiger partial charge in [0.25, 0.3) is 0 Å². The predicted octanol–water partition coefficient (Wildman–Crippen LogP) is 3.85. The number of nitrogens with one attached hydrogen (secondary N) is 1. The van der Waals surface area contributed by atoms with Crippen LogP contribution in [-0.4, -0.2) is 64.4 Å². The van der Waals surface area contributed by atoms with Crippen LogP contribution in [0.1, 0.15) is 69.8 Å². The number of unbranched alkanes of at least 4 members (excludes halogenated alkanes) is 3. The lowest BCUT2D eigenvalue weighted by Gasteiger charge is -2.33. The molecule has 4 rings (SSSR count). The standard InChI is InChI=1S/C25H33ClN4O5/c26-24-18-14-29-15-21(31)28-25(29)27-19(18)11-12-20(24)35-13-7-2-1-6-10-22(32)30(16-23(33)34)17-8-4-3-5-9-17/h11-12,17H,1-10,13-16H2,(H,33,34)(H,27,28,31). The van der Waals surface area contributed by atoms with Gasteiger partial charge in [0.1, 0.15) is 18.8 Å². The third kappa shape index (κ3) is 6.45. The van der Waals surface area contributed by atoms with Crippen molar-refractivity contribution in [2.45, 2.75) is 76.8 Å². The molecule has 0 radical (unpaired) electrons. The van der Waals surface area contributed by atoms with Crippen molar-refractivity contribution >= 4 is 41.0 Å². The summed E-state index contributed by atoms with van der Waals surface area (Å²) in [6.45, 7) is 1.10. The van der Waals surface area contributed by atoms with Gasteiger partial charge in [0.2, 0.25) is 17.8 Å². The van der Waals surface area contributed by atoms with E-state index < -0.39 is 5.97 Å². The highest BCUT2D eigenvalue weighted by Gasteiger charge is 2.31. The summed E-state index contributed by atoms with van der Waals surface area (Å²) in [5.41, 5.74) is 1.59. The van der Waals surface area contributed by atoms with Gasteiger partial charge in [-0.2, -0.15) is 0 Å². The Morgan fingerprint density at radius 2 is 1.91 bits per heavy atom. The Kier molecular flexibility index (Phi) is 8.49. The number of rotatable bonds is 11. The molecule has 2 aliphatic heterocycles. The summed E-state index contributed by atoms with van der Waals surface area (Å²) < 4.78 is 5.90. The minimum absolute atomic E-state index is 0.0443. The van der Waals surface area contributed by atoms with Gasteiger partial charge >= 0.3 is 5.97 Å². The molecule has 0 spiro atoms. The van der Waals surface area contributed by atoms with Crippen LogP contribution in [0.2, 0.25) is 5.02 Å². The fourth-order valence-corrected chi connectivity index (χ4v) is 5.27. The molecular formula is C25H33ClN4O5. The molecule has 2 heterocycles. The van der Waals surface area contributed by atoms with E-state index in [0.29, 0.717) is 36.3 Å². The molecular weight excluding hydrogens is 472 g/mol. The minimum atomic E-state index is -0.945. The average molecular weight is 505 g/mol. The number of guanidine groups is 1. The van der Waals surface area contributed by atoms with Crippen molar-refractivity contribution in [3.63, 3.8) is 0 Å². The van der Waals surface area contributed by atoms with Crippen LogP contribution in [-0.2, 0) is 20.9 Å². The molecule has 1 aromatic carbocycles. The zero-order valence-electron chi connectivity index (χ0n) is 19.9. The Morgan fingerprint density at radius 1 is 1.14 bits per heavy atom. The molecule has 2 amide bonds. The number of carbonyl (C=O) groups excluding carboxylic acids is 2. The molecule has 0 unspecified atom stereocenters. The predicted molar refractivity (Wildman–Crippen MR) is 132 cm³/mol. The van der Waals surface area contributed by atoms with Crippen LogP contribution in [0.4, 0.5) is 5.69 Å². The molecule has 1 aromatic rings. The minimum Gasteiger partial charge on any atom is -0.492 e. The number of benzene rings is 1. The Morgan fingerprint density at radius 3 is 2.69 bits per heavy atom. The van der Waals surface area contributed by atoms with E-state index in [2.05, 4.69) is 10.3 Å². The van der Waals surface area contributed by atoms with Gasteiger partial charge in [0.15, 0.2) is 0 Å². The first-order chi connectivity index (χ1) is 16.9. The molecule has 2 N–H and O–H groups in total. The van der Waals surface area contributed by atoms with Crippen molar-refractivity contribution in [1.29, 1.82) is 0 Å². The van der Waals surface area contributed by atoms with Crippen molar-refractivity contribution < 1.29 is 24.2 Å². The van der Waals surface area contributed by atoms with E-state index in [1.54, 1.807) is 11.0 Å². The number of carboxylic acid groups (broad SMARTS) is 1. The van der Waals surface area contributed by atoms with Crippen molar-refractivity contribution in [1.82, 2.24) is 15.1 Å². The van der Waals surface area contributed by atoms with E-state index in [-0.39, 0.29) is 30.9 Å². The number of halogens is 1. The first kappa shape index (κ1) is 25.3. The Hall–Kier alpha value is -2.81.